The number of nitro groups is 1. The molecule has 0 aliphatic carbocycles. The number of benzene rings is 1. The van der Waals surface area contributed by atoms with Crippen LogP contribution in [0.5, 0.6) is 5.75 Å². The summed E-state index contributed by atoms with van der Waals surface area (Å²) in [6, 6.07) is 4.13. The molecule has 0 saturated carbocycles. The number of nitro benzene ring substituents is 1. The Morgan fingerprint density at radius 1 is 1.58 bits per heavy atom. The molecular weight excluding hydrogens is 252 g/mol. The Morgan fingerprint density at radius 3 is 2.79 bits per heavy atom. The molecule has 0 bridgehead atoms. The summed E-state index contributed by atoms with van der Waals surface area (Å²) in [6.07, 6.45) is 0. The second-order valence-corrected chi connectivity index (χ2v) is 4.40. The zero-order chi connectivity index (χ0) is 14.0. The Morgan fingerprint density at radius 2 is 2.26 bits per heavy atom. The molecule has 1 N–H and O–H groups in total. The van der Waals surface area contributed by atoms with Crippen LogP contribution in [0.4, 0.5) is 5.69 Å². The highest BCUT2D eigenvalue weighted by Crippen LogP contribution is 2.29. The van der Waals surface area contributed by atoms with Gasteiger partial charge in [0.25, 0.3) is 5.91 Å². The molecule has 102 valence electrons. The van der Waals surface area contributed by atoms with Crippen LogP contribution in [0.15, 0.2) is 18.2 Å². The molecule has 7 nitrogen and oxygen atoms in total. The number of hydrogen-bond donors (Lipinski definition) is 1. The van der Waals surface area contributed by atoms with Crippen LogP contribution in [0.1, 0.15) is 10.4 Å². The zero-order valence-electron chi connectivity index (χ0n) is 10.4. The zero-order valence-corrected chi connectivity index (χ0v) is 10.4. The van der Waals surface area contributed by atoms with Crippen molar-refractivity contribution in [3.05, 3.63) is 33.9 Å². The first-order valence-corrected chi connectivity index (χ1v) is 5.79. The average molecular weight is 266 g/mol. The number of methoxy groups -OCH3 is 1. The van der Waals surface area contributed by atoms with Crippen molar-refractivity contribution in [1.29, 1.82) is 0 Å². The molecule has 19 heavy (non-hydrogen) atoms. The van der Waals surface area contributed by atoms with Gasteiger partial charge in [0.15, 0.2) is 5.75 Å². The first-order valence-electron chi connectivity index (χ1n) is 5.79. The minimum atomic E-state index is -0.581. The van der Waals surface area contributed by atoms with Gasteiger partial charge in [-0.3, -0.25) is 14.9 Å². The van der Waals surface area contributed by atoms with Gasteiger partial charge in [-0.15, -0.1) is 0 Å². The Bertz CT molecular complexity index is 511. The number of carbonyl (C=O) groups is 1. The van der Waals surface area contributed by atoms with Crippen molar-refractivity contribution in [2.45, 2.75) is 0 Å². The largest absolute Gasteiger partial charge is 0.490 e. The van der Waals surface area contributed by atoms with Crippen LogP contribution in [0.25, 0.3) is 0 Å². The van der Waals surface area contributed by atoms with E-state index in [1.807, 2.05) is 0 Å². The van der Waals surface area contributed by atoms with Crippen molar-refractivity contribution < 1.29 is 19.6 Å². The highest BCUT2D eigenvalue weighted by Gasteiger charge is 2.31. The summed E-state index contributed by atoms with van der Waals surface area (Å²) < 4.78 is 4.88. The molecule has 0 atom stereocenters. The number of carbonyl (C=O) groups excluding carboxylic acids is 1. The van der Waals surface area contributed by atoms with Gasteiger partial charge in [-0.2, -0.15) is 0 Å². The third-order valence-electron chi connectivity index (χ3n) is 3.13. The van der Waals surface area contributed by atoms with Crippen molar-refractivity contribution >= 4 is 11.6 Å². The highest BCUT2D eigenvalue weighted by atomic mass is 16.6. The second-order valence-electron chi connectivity index (χ2n) is 4.40. The Kier molecular flexibility index (Phi) is 3.66. The van der Waals surface area contributed by atoms with Gasteiger partial charge in [0.2, 0.25) is 0 Å². The van der Waals surface area contributed by atoms with E-state index in [2.05, 4.69) is 0 Å². The van der Waals surface area contributed by atoms with Crippen LogP contribution < -0.4 is 4.74 Å². The maximum atomic E-state index is 12.0. The lowest BCUT2D eigenvalue weighted by molar-refractivity contribution is -0.385. The number of nitrogens with zero attached hydrogens (tertiary/aromatic N) is 2. The number of ether oxygens (including phenoxy) is 1. The monoisotopic (exact) mass is 266 g/mol. The first kappa shape index (κ1) is 13.3. The lowest BCUT2D eigenvalue weighted by Gasteiger charge is -2.38. The molecule has 0 spiro atoms. The second kappa shape index (κ2) is 5.23. The molecule has 0 aromatic heterocycles. The maximum absolute atomic E-state index is 12.0. The third-order valence-corrected chi connectivity index (χ3v) is 3.13. The van der Waals surface area contributed by atoms with E-state index >= 15 is 0 Å². The van der Waals surface area contributed by atoms with Crippen molar-refractivity contribution in [2.24, 2.45) is 5.92 Å². The first-order chi connectivity index (χ1) is 9.06. The van der Waals surface area contributed by atoms with Crippen LogP contribution in [0.3, 0.4) is 0 Å². The van der Waals surface area contributed by atoms with E-state index in [1.165, 1.54) is 25.3 Å². The quantitative estimate of drug-likeness (QED) is 0.638. The van der Waals surface area contributed by atoms with E-state index in [0.29, 0.717) is 13.1 Å². The molecule has 7 heteroatoms. The van der Waals surface area contributed by atoms with Crippen molar-refractivity contribution in [1.82, 2.24) is 4.90 Å². The fourth-order valence-corrected chi connectivity index (χ4v) is 2.00. The van der Waals surface area contributed by atoms with Crippen LogP contribution in [0, 0.1) is 16.0 Å². The number of rotatable bonds is 4. The van der Waals surface area contributed by atoms with E-state index < -0.39 is 4.92 Å². The van der Waals surface area contributed by atoms with Gasteiger partial charge >= 0.3 is 5.69 Å². The summed E-state index contributed by atoms with van der Waals surface area (Å²) in [4.78, 5) is 23.9. The topological polar surface area (TPSA) is 92.9 Å². The van der Waals surface area contributed by atoms with Gasteiger partial charge in [-0.1, -0.05) is 0 Å². The summed E-state index contributed by atoms with van der Waals surface area (Å²) >= 11 is 0. The molecule has 1 aromatic rings. The Hall–Kier alpha value is -2.15. The van der Waals surface area contributed by atoms with Crippen molar-refractivity contribution in [2.75, 3.05) is 26.8 Å². The normalized spacial score (nSPS) is 14.9. The summed E-state index contributed by atoms with van der Waals surface area (Å²) in [5.41, 5.74) is 0.0245. The molecule has 1 aliphatic rings. The Balaban J connectivity index is 2.19. The smallest absolute Gasteiger partial charge is 0.311 e. The molecule has 1 aromatic carbocycles. The summed E-state index contributed by atoms with van der Waals surface area (Å²) in [5.74, 6) is -0.0361. The van der Waals surface area contributed by atoms with Crippen LogP contribution in [-0.4, -0.2) is 47.6 Å². The Labute approximate surface area is 109 Å². The molecule has 1 aliphatic heterocycles. The van der Waals surface area contributed by atoms with E-state index in [0.717, 1.165) is 0 Å². The van der Waals surface area contributed by atoms with Gasteiger partial charge in [0.05, 0.1) is 12.0 Å². The summed E-state index contributed by atoms with van der Waals surface area (Å²) in [7, 11) is 1.34. The number of hydrogen-bond acceptors (Lipinski definition) is 5. The fraction of sp³-hybridized carbons (Fsp3) is 0.417. The molecule has 0 unspecified atom stereocenters. The minimum absolute atomic E-state index is 0.0482. The van der Waals surface area contributed by atoms with Crippen molar-refractivity contribution in [3.8, 4) is 5.75 Å². The molecular formula is C12H14N2O5. The third kappa shape index (κ3) is 2.50. The molecule has 1 saturated heterocycles. The van der Waals surface area contributed by atoms with Gasteiger partial charge in [0.1, 0.15) is 0 Å². The molecule has 1 amide bonds. The SMILES string of the molecule is COc1ccc(C(=O)N2CC(CO)C2)cc1[N+](=O)[O-]. The number of aliphatic hydroxyl groups is 1. The minimum Gasteiger partial charge on any atom is -0.490 e. The maximum Gasteiger partial charge on any atom is 0.311 e. The molecule has 0 radical (unpaired) electrons. The summed E-state index contributed by atoms with van der Waals surface area (Å²) in [5, 5.41) is 19.8. The van der Waals surface area contributed by atoms with Crippen LogP contribution >= 0.6 is 0 Å². The lowest BCUT2D eigenvalue weighted by atomic mass is 10.00. The van der Waals surface area contributed by atoms with Crippen LogP contribution in [0.2, 0.25) is 0 Å². The van der Waals surface area contributed by atoms with Gasteiger partial charge < -0.3 is 14.7 Å². The molecule has 1 heterocycles. The van der Waals surface area contributed by atoms with E-state index in [4.69, 9.17) is 9.84 Å². The van der Waals surface area contributed by atoms with E-state index in [1.54, 1.807) is 4.90 Å². The number of aliphatic hydroxyl groups excluding tert-OH is 1. The summed E-state index contributed by atoms with van der Waals surface area (Å²) in [6.45, 7) is 1.01. The lowest BCUT2D eigenvalue weighted by Crippen LogP contribution is -2.51. The highest BCUT2D eigenvalue weighted by molar-refractivity contribution is 5.95. The standard InChI is InChI=1S/C12H14N2O5/c1-19-11-3-2-9(4-10(11)14(17)18)12(16)13-5-8(6-13)7-15/h2-4,8,15H,5-7H2,1H3. The van der Waals surface area contributed by atoms with Crippen molar-refractivity contribution in [3.63, 3.8) is 0 Å². The van der Waals surface area contributed by atoms with Gasteiger partial charge in [-0.05, 0) is 12.1 Å². The molecule has 1 fully saturated rings. The van der Waals surface area contributed by atoms with Gasteiger partial charge in [-0.25, -0.2) is 0 Å². The van der Waals surface area contributed by atoms with E-state index in [9.17, 15) is 14.9 Å². The fourth-order valence-electron chi connectivity index (χ4n) is 2.00. The number of likely N-dealkylation sites (tertiary alicyclic amines) is 1. The number of amides is 1. The average Bonchev–Trinajstić information content (AvgIpc) is 2.36. The van der Waals surface area contributed by atoms with E-state index in [-0.39, 0.29) is 35.4 Å². The predicted octanol–water partition coefficient (Wildman–Crippen LogP) is 0.668. The molecule has 2 rings (SSSR count). The van der Waals surface area contributed by atoms with Crippen LogP contribution in [-0.2, 0) is 0 Å². The predicted molar refractivity (Wildman–Crippen MR) is 66.1 cm³/mol. The van der Waals surface area contributed by atoms with Gasteiger partial charge in [0, 0.05) is 37.2 Å².